The van der Waals surface area contributed by atoms with Gasteiger partial charge >= 0.3 is 6.03 Å². The van der Waals surface area contributed by atoms with Gasteiger partial charge in [0.1, 0.15) is 0 Å². The highest BCUT2D eigenvalue weighted by Gasteiger charge is 2.38. The Kier molecular flexibility index (Phi) is 5.74. The second-order valence-electron chi connectivity index (χ2n) is 7.05. The van der Waals surface area contributed by atoms with E-state index in [4.69, 9.17) is 4.74 Å². The van der Waals surface area contributed by atoms with Crippen LogP contribution in [0.4, 0.5) is 4.79 Å². The number of urea groups is 1. The number of carbonyl (C=O) groups excluding carboxylic acids is 1. The molecule has 1 heterocycles. The summed E-state index contributed by atoms with van der Waals surface area (Å²) in [5.41, 5.74) is 0.885. The van der Waals surface area contributed by atoms with Crippen LogP contribution in [-0.2, 0) is 4.74 Å². The molecule has 3 rings (SSSR count). The maximum Gasteiger partial charge on any atom is 0.315 e. The van der Waals surface area contributed by atoms with Gasteiger partial charge in [0, 0.05) is 12.6 Å². The second kappa shape index (κ2) is 7.99. The first kappa shape index (κ1) is 17.2. The largest absolute Gasteiger partial charge is 0.394 e. The quantitative estimate of drug-likeness (QED) is 0.794. The summed E-state index contributed by atoms with van der Waals surface area (Å²) < 4.78 is 6.08. The number of ether oxygens (including phenoxy) is 1. The van der Waals surface area contributed by atoms with Crippen molar-refractivity contribution >= 4 is 6.03 Å². The van der Waals surface area contributed by atoms with Crippen LogP contribution in [0, 0.1) is 0 Å². The van der Waals surface area contributed by atoms with E-state index >= 15 is 0 Å². The minimum atomic E-state index is -0.380. The number of nitrogens with one attached hydrogen (secondary N) is 2. The first-order valence-corrected chi connectivity index (χ1v) is 9.08. The van der Waals surface area contributed by atoms with Crippen molar-refractivity contribution in [2.24, 2.45) is 0 Å². The highest BCUT2D eigenvalue weighted by atomic mass is 16.5. The van der Waals surface area contributed by atoms with E-state index in [1.54, 1.807) is 0 Å². The molecule has 3 N–H and O–H groups in total. The Bertz CT molecular complexity index is 523. The van der Waals surface area contributed by atoms with Gasteiger partial charge in [-0.25, -0.2) is 4.79 Å². The summed E-state index contributed by atoms with van der Waals surface area (Å²) in [5.74, 6) is 0. The molecule has 1 aromatic rings. The van der Waals surface area contributed by atoms with Gasteiger partial charge in [-0.05, 0) is 31.2 Å². The molecule has 1 spiro atoms. The minimum Gasteiger partial charge on any atom is -0.394 e. The van der Waals surface area contributed by atoms with Crippen LogP contribution in [0.15, 0.2) is 30.3 Å². The molecule has 1 saturated carbocycles. The van der Waals surface area contributed by atoms with Gasteiger partial charge in [0.25, 0.3) is 0 Å². The molecule has 0 radical (unpaired) electrons. The van der Waals surface area contributed by atoms with E-state index in [0.717, 1.165) is 31.2 Å². The van der Waals surface area contributed by atoms with Gasteiger partial charge in [0.15, 0.2) is 0 Å². The Morgan fingerprint density at radius 2 is 2.00 bits per heavy atom. The zero-order chi connectivity index (χ0) is 16.8. The van der Waals surface area contributed by atoms with Crippen molar-refractivity contribution in [3.8, 4) is 0 Å². The molecule has 5 nitrogen and oxygen atoms in total. The average molecular weight is 332 g/mol. The third kappa shape index (κ3) is 4.28. The monoisotopic (exact) mass is 332 g/mol. The molecule has 2 amide bonds. The fraction of sp³-hybridized carbons (Fsp3) is 0.632. The third-order valence-electron chi connectivity index (χ3n) is 5.28. The first-order chi connectivity index (χ1) is 11.7. The third-order valence-corrected chi connectivity index (χ3v) is 5.28. The first-order valence-electron chi connectivity index (χ1n) is 9.08. The van der Waals surface area contributed by atoms with Crippen molar-refractivity contribution in [3.05, 3.63) is 35.9 Å². The molecular formula is C19H28N2O3. The molecule has 2 atom stereocenters. The topological polar surface area (TPSA) is 70.6 Å². The lowest BCUT2D eigenvalue weighted by Crippen LogP contribution is -2.52. The molecule has 5 heteroatoms. The van der Waals surface area contributed by atoms with E-state index in [2.05, 4.69) is 10.6 Å². The second-order valence-corrected chi connectivity index (χ2v) is 7.05. The maximum absolute atomic E-state index is 12.4. The summed E-state index contributed by atoms with van der Waals surface area (Å²) in [7, 11) is 0. The van der Waals surface area contributed by atoms with Crippen molar-refractivity contribution in [1.82, 2.24) is 10.6 Å². The van der Waals surface area contributed by atoms with Crippen molar-refractivity contribution in [2.75, 3.05) is 13.2 Å². The van der Waals surface area contributed by atoms with E-state index in [-0.39, 0.29) is 30.3 Å². The van der Waals surface area contributed by atoms with Crippen molar-refractivity contribution in [3.63, 3.8) is 0 Å². The predicted octanol–water partition coefficient (Wildman–Crippen LogP) is 2.90. The zero-order valence-electron chi connectivity index (χ0n) is 14.2. The Morgan fingerprint density at radius 1 is 1.25 bits per heavy atom. The Labute approximate surface area is 143 Å². The van der Waals surface area contributed by atoms with Gasteiger partial charge in [-0.15, -0.1) is 0 Å². The number of hydrogen-bond donors (Lipinski definition) is 3. The standard InChI is InChI=1S/C19H28N2O3/c22-14-17(15-7-3-1-4-8-15)21-18(23)20-16-9-12-24-19(13-16)10-5-2-6-11-19/h1,3-4,7-8,16-17,22H,2,5-6,9-14H2,(H2,20,21,23). The molecule has 2 aliphatic rings. The number of hydrogen-bond acceptors (Lipinski definition) is 3. The van der Waals surface area contributed by atoms with Crippen LogP contribution in [0.25, 0.3) is 0 Å². The number of aliphatic hydroxyl groups excluding tert-OH is 1. The summed E-state index contributed by atoms with van der Waals surface area (Å²) in [6, 6.07) is 9.10. The van der Waals surface area contributed by atoms with Gasteiger partial charge in [0.05, 0.1) is 18.2 Å². The van der Waals surface area contributed by atoms with E-state index in [0.29, 0.717) is 6.61 Å². The van der Waals surface area contributed by atoms with E-state index in [9.17, 15) is 9.90 Å². The van der Waals surface area contributed by atoms with Crippen LogP contribution in [-0.4, -0.2) is 36.0 Å². The van der Waals surface area contributed by atoms with Crippen molar-refractivity contribution in [2.45, 2.75) is 62.6 Å². The smallest absolute Gasteiger partial charge is 0.315 e. The summed E-state index contributed by atoms with van der Waals surface area (Å²) in [4.78, 5) is 12.4. The molecule has 1 aliphatic carbocycles. The number of aliphatic hydroxyl groups is 1. The molecule has 2 unspecified atom stereocenters. The van der Waals surface area contributed by atoms with Gasteiger partial charge < -0.3 is 20.5 Å². The van der Waals surface area contributed by atoms with Gasteiger partial charge in [-0.2, -0.15) is 0 Å². The van der Waals surface area contributed by atoms with Crippen LogP contribution >= 0.6 is 0 Å². The average Bonchev–Trinajstić information content (AvgIpc) is 2.61. The highest BCUT2D eigenvalue weighted by Crippen LogP contribution is 2.38. The zero-order valence-corrected chi connectivity index (χ0v) is 14.2. The van der Waals surface area contributed by atoms with E-state index < -0.39 is 0 Å². The molecular weight excluding hydrogens is 304 g/mol. The van der Waals surface area contributed by atoms with Crippen LogP contribution in [0.3, 0.4) is 0 Å². The summed E-state index contributed by atoms with van der Waals surface area (Å²) in [5, 5.41) is 15.5. The van der Waals surface area contributed by atoms with Crippen LogP contribution in [0.2, 0.25) is 0 Å². The van der Waals surface area contributed by atoms with Crippen LogP contribution < -0.4 is 10.6 Å². The summed E-state index contributed by atoms with van der Waals surface area (Å²) >= 11 is 0. The summed E-state index contributed by atoms with van der Waals surface area (Å²) in [6.07, 6.45) is 7.70. The lowest BCUT2D eigenvalue weighted by molar-refractivity contribution is -0.107. The van der Waals surface area contributed by atoms with E-state index in [1.807, 2.05) is 30.3 Å². The fourth-order valence-corrected chi connectivity index (χ4v) is 4.00. The normalized spacial score (nSPS) is 24.3. The molecule has 132 valence electrons. The Hall–Kier alpha value is -1.59. The Balaban J connectivity index is 1.54. The van der Waals surface area contributed by atoms with Gasteiger partial charge in [-0.3, -0.25) is 0 Å². The summed E-state index contributed by atoms with van der Waals surface area (Å²) in [6.45, 7) is 0.599. The molecule has 0 bridgehead atoms. The minimum absolute atomic E-state index is 0.0236. The van der Waals surface area contributed by atoms with Crippen LogP contribution in [0.1, 0.15) is 56.6 Å². The Morgan fingerprint density at radius 3 is 2.71 bits per heavy atom. The predicted molar refractivity (Wildman–Crippen MR) is 92.7 cm³/mol. The van der Waals surface area contributed by atoms with Gasteiger partial charge in [0.2, 0.25) is 0 Å². The molecule has 1 aromatic carbocycles. The van der Waals surface area contributed by atoms with Crippen LogP contribution in [0.5, 0.6) is 0 Å². The van der Waals surface area contributed by atoms with Gasteiger partial charge in [-0.1, -0.05) is 49.6 Å². The fourth-order valence-electron chi connectivity index (χ4n) is 4.00. The van der Waals surface area contributed by atoms with Crippen molar-refractivity contribution in [1.29, 1.82) is 0 Å². The highest BCUT2D eigenvalue weighted by molar-refractivity contribution is 5.74. The van der Waals surface area contributed by atoms with Crippen molar-refractivity contribution < 1.29 is 14.6 Å². The molecule has 24 heavy (non-hydrogen) atoms. The number of rotatable bonds is 4. The molecule has 1 aliphatic heterocycles. The SMILES string of the molecule is O=C(NC1CCOC2(CCCCC2)C1)NC(CO)c1ccccc1. The lowest BCUT2D eigenvalue weighted by atomic mass is 9.78. The lowest BCUT2D eigenvalue weighted by Gasteiger charge is -2.43. The molecule has 0 aromatic heterocycles. The molecule has 2 fully saturated rings. The molecule has 1 saturated heterocycles. The number of amides is 2. The maximum atomic E-state index is 12.4. The van der Waals surface area contributed by atoms with E-state index in [1.165, 1.54) is 19.3 Å². The number of carbonyl (C=O) groups is 1. The number of benzene rings is 1.